The minimum Gasteiger partial charge on any atom is -0.481 e. The number of aliphatic carboxylic acids is 1. The minimum absolute atomic E-state index is 0.215. The second-order valence-electron chi connectivity index (χ2n) is 5.55. The summed E-state index contributed by atoms with van der Waals surface area (Å²) >= 11 is 0. The maximum absolute atomic E-state index is 11.6. The van der Waals surface area contributed by atoms with Crippen LogP contribution < -0.4 is 0 Å². The maximum atomic E-state index is 11.6. The molecule has 0 aromatic heterocycles. The lowest BCUT2D eigenvalue weighted by Crippen LogP contribution is -2.00. The fourth-order valence-electron chi connectivity index (χ4n) is 2.53. The molecule has 2 N–H and O–H groups in total. The van der Waals surface area contributed by atoms with E-state index in [9.17, 15) is 14.7 Å². The highest BCUT2D eigenvalue weighted by Gasteiger charge is 2.19. The lowest BCUT2D eigenvalue weighted by atomic mass is 10.1. The van der Waals surface area contributed by atoms with E-state index in [4.69, 9.17) is 5.11 Å². The number of carboxylic acids is 1. The quantitative estimate of drug-likeness (QED) is 0.478. The molecule has 0 saturated heterocycles. The fraction of sp³-hybridized carbons (Fsp3) is 0.556. The molecule has 0 unspecified atom stereocenters. The van der Waals surface area contributed by atoms with Gasteiger partial charge in [0, 0.05) is 12.8 Å². The van der Waals surface area contributed by atoms with Gasteiger partial charge in [0.1, 0.15) is 0 Å². The van der Waals surface area contributed by atoms with Crippen LogP contribution >= 0.6 is 0 Å². The van der Waals surface area contributed by atoms with Crippen LogP contribution in [0.1, 0.15) is 58.3 Å². The number of ketones is 1. The number of carbonyl (C=O) groups excluding carboxylic acids is 1. The Labute approximate surface area is 132 Å². The molecule has 0 amide bonds. The lowest BCUT2D eigenvalue weighted by Gasteiger charge is -2.02. The second-order valence-corrected chi connectivity index (χ2v) is 5.55. The van der Waals surface area contributed by atoms with E-state index < -0.39 is 12.1 Å². The molecule has 0 aromatic carbocycles. The van der Waals surface area contributed by atoms with Gasteiger partial charge >= 0.3 is 5.97 Å². The zero-order valence-electron chi connectivity index (χ0n) is 13.3. The summed E-state index contributed by atoms with van der Waals surface area (Å²) in [6, 6.07) is 0. The number of aliphatic hydroxyl groups is 1. The highest BCUT2D eigenvalue weighted by Crippen LogP contribution is 2.26. The summed E-state index contributed by atoms with van der Waals surface area (Å²) in [5.41, 5.74) is 1.96. The highest BCUT2D eigenvalue weighted by atomic mass is 16.4. The van der Waals surface area contributed by atoms with Gasteiger partial charge in [-0.05, 0) is 49.7 Å². The summed E-state index contributed by atoms with van der Waals surface area (Å²) in [5.74, 6) is -0.520. The van der Waals surface area contributed by atoms with E-state index in [0.29, 0.717) is 19.3 Å². The van der Waals surface area contributed by atoms with E-state index in [1.54, 1.807) is 6.08 Å². The molecular weight excluding hydrogens is 280 g/mol. The highest BCUT2D eigenvalue weighted by molar-refractivity contribution is 5.99. The third-order valence-corrected chi connectivity index (χ3v) is 3.77. The zero-order valence-corrected chi connectivity index (χ0v) is 13.3. The first-order chi connectivity index (χ1) is 10.5. The molecule has 0 aromatic rings. The van der Waals surface area contributed by atoms with Crippen molar-refractivity contribution < 1.29 is 19.8 Å². The largest absolute Gasteiger partial charge is 0.481 e. The van der Waals surface area contributed by atoms with Gasteiger partial charge in [-0.1, -0.05) is 31.2 Å². The number of hydrogen-bond acceptors (Lipinski definition) is 3. The van der Waals surface area contributed by atoms with Crippen molar-refractivity contribution in [2.45, 2.75) is 64.4 Å². The SMILES string of the molecule is CCC1=C(/C=C/[C@H](O)C/C=C\CCCCC(=O)O)CCC1=O. The molecule has 0 saturated carbocycles. The van der Waals surface area contributed by atoms with Crippen molar-refractivity contribution in [2.75, 3.05) is 0 Å². The number of allylic oxidation sites excluding steroid dienone is 4. The Morgan fingerprint density at radius 3 is 2.73 bits per heavy atom. The molecule has 1 aliphatic rings. The van der Waals surface area contributed by atoms with Crippen LogP contribution in [0.15, 0.2) is 35.5 Å². The average molecular weight is 306 g/mol. The predicted octanol–water partition coefficient (Wildman–Crippen LogP) is 3.56. The van der Waals surface area contributed by atoms with Crippen LogP contribution in [-0.4, -0.2) is 28.1 Å². The number of hydrogen-bond donors (Lipinski definition) is 2. The Balaban J connectivity index is 2.27. The van der Waals surface area contributed by atoms with Crippen molar-refractivity contribution in [1.82, 2.24) is 0 Å². The summed E-state index contributed by atoms with van der Waals surface area (Å²) < 4.78 is 0. The van der Waals surface area contributed by atoms with Crippen LogP contribution in [0.5, 0.6) is 0 Å². The summed E-state index contributed by atoms with van der Waals surface area (Å²) in [4.78, 5) is 21.9. The van der Waals surface area contributed by atoms with Crippen LogP contribution in [0.3, 0.4) is 0 Å². The minimum atomic E-state index is -0.754. The Morgan fingerprint density at radius 2 is 2.05 bits per heavy atom. The number of Topliss-reactive ketones (excluding diaryl/α,β-unsaturated/α-hetero) is 1. The summed E-state index contributed by atoms with van der Waals surface area (Å²) in [5, 5.41) is 18.4. The summed E-state index contributed by atoms with van der Waals surface area (Å²) in [6.45, 7) is 1.98. The van der Waals surface area contributed by atoms with Crippen LogP contribution in [-0.2, 0) is 9.59 Å². The van der Waals surface area contributed by atoms with Crippen molar-refractivity contribution in [2.24, 2.45) is 0 Å². The second kappa shape index (κ2) is 10.1. The normalized spacial score (nSPS) is 17.1. The molecule has 0 bridgehead atoms. The molecule has 0 aliphatic heterocycles. The number of aliphatic hydroxyl groups excluding tert-OH is 1. The van der Waals surface area contributed by atoms with Crippen molar-refractivity contribution in [3.63, 3.8) is 0 Å². The van der Waals surface area contributed by atoms with Gasteiger partial charge < -0.3 is 10.2 Å². The van der Waals surface area contributed by atoms with E-state index in [0.717, 1.165) is 36.8 Å². The fourth-order valence-corrected chi connectivity index (χ4v) is 2.53. The molecule has 122 valence electrons. The van der Waals surface area contributed by atoms with Gasteiger partial charge in [-0.3, -0.25) is 9.59 Å². The van der Waals surface area contributed by atoms with Crippen LogP contribution in [0.25, 0.3) is 0 Å². The molecule has 0 fully saturated rings. The first-order valence-electron chi connectivity index (χ1n) is 8.02. The van der Waals surface area contributed by atoms with Gasteiger partial charge in [0.2, 0.25) is 0 Å². The molecule has 0 spiro atoms. The monoisotopic (exact) mass is 306 g/mol. The number of carboxylic acid groups (broad SMARTS) is 1. The Kier molecular flexibility index (Phi) is 8.44. The van der Waals surface area contributed by atoms with Crippen molar-refractivity contribution in [3.8, 4) is 0 Å². The molecule has 1 rings (SSSR count). The van der Waals surface area contributed by atoms with Crippen LogP contribution in [0.2, 0.25) is 0 Å². The molecule has 0 heterocycles. The maximum Gasteiger partial charge on any atom is 0.303 e. The molecule has 4 heteroatoms. The van der Waals surface area contributed by atoms with Crippen molar-refractivity contribution in [3.05, 3.63) is 35.5 Å². The number of unbranched alkanes of at least 4 members (excludes halogenated alkanes) is 2. The number of carbonyl (C=O) groups is 2. The smallest absolute Gasteiger partial charge is 0.303 e. The van der Waals surface area contributed by atoms with Gasteiger partial charge in [0.15, 0.2) is 5.78 Å². The molecule has 1 aliphatic carbocycles. The van der Waals surface area contributed by atoms with E-state index in [1.807, 2.05) is 25.2 Å². The van der Waals surface area contributed by atoms with Gasteiger partial charge in [-0.2, -0.15) is 0 Å². The molecule has 0 radical (unpaired) electrons. The van der Waals surface area contributed by atoms with Gasteiger partial charge in [0.05, 0.1) is 6.10 Å². The average Bonchev–Trinajstić information content (AvgIpc) is 2.83. The number of rotatable bonds is 10. The zero-order chi connectivity index (χ0) is 16.4. The molecule has 22 heavy (non-hydrogen) atoms. The predicted molar refractivity (Wildman–Crippen MR) is 86.6 cm³/mol. The van der Waals surface area contributed by atoms with Crippen molar-refractivity contribution in [1.29, 1.82) is 0 Å². The van der Waals surface area contributed by atoms with Crippen LogP contribution in [0.4, 0.5) is 0 Å². The van der Waals surface area contributed by atoms with Gasteiger partial charge in [-0.15, -0.1) is 0 Å². The van der Waals surface area contributed by atoms with Crippen LogP contribution in [0, 0.1) is 0 Å². The Hall–Kier alpha value is -1.68. The van der Waals surface area contributed by atoms with Gasteiger partial charge in [-0.25, -0.2) is 0 Å². The first-order valence-corrected chi connectivity index (χ1v) is 8.02. The molecular formula is C18H26O4. The summed E-state index contributed by atoms with van der Waals surface area (Å²) in [7, 11) is 0. The Morgan fingerprint density at radius 1 is 1.27 bits per heavy atom. The topological polar surface area (TPSA) is 74.6 Å². The standard InChI is InChI=1S/C18H26O4/c1-2-16-14(11-13-17(16)20)10-12-15(19)8-6-4-3-5-7-9-18(21)22/h4,6,10,12,15,19H,2-3,5,7-9,11,13H2,1H3,(H,21,22)/b6-4-,12-10+/t15-/m1/s1. The van der Waals surface area contributed by atoms with E-state index in [-0.39, 0.29) is 12.2 Å². The molecule has 4 nitrogen and oxygen atoms in total. The van der Waals surface area contributed by atoms with Crippen molar-refractivity contribution >= 4 is 11.8 Å². The third kappa shape index (κ3) is 6.85. The summed E-state index contributed by atoms with van der Waals surface area (Å²) in [6.07, 6.45) is 12.2. The third-order valence-electron chi connectivity index (χ3n) is 3.77. The van der Waals surface area contributed by atoms with E-state index in [1.165, 1.54) is 0 Å². The molecule has 1 atom stereocenters. The lowest BCUT2D eigenvalue weighted by molar-refractivity contribution is -0.137. The van der Waals surface area contributed by atoms with E-state index in [2.05, 4.69) is 0 Å². The van der Waals surface area contributed by atoms with E-state index >= 15 is 0 Å². The first kappa shape index (κ1) is 18.4. The van der Waals surface area contributed by atoms with Gasteiger partial charge in [0.25, 0.3) is 0 Å². The Bertz CT molecular complexity index is 471.